The van der Waals surface area contributed by atoms with Gasteiger partial charge in [0.2, 0.25) is 17.4 Å². The normalized spacial score (nSPS) is 18.7. The molecule has 0 saturated heterocycles. The third-order valence-electron chi connectivity index (χ3n) is 5.30. The molecule has 3 N–H and O–H groups in total. The molecule has 0 unspecified atom stereocenters. The first-order valence-corrected chi connectivity index (χ1v) is 10.2. The molecule has 1 saturated carbocycles. The van der Waals surface area contributed by atoms with Crippen LogP contribution in [0.2, 0.25) is 5.02 Å². The second-order valence-electron chi connectivity index (χ2n) is 7.28. The lowest BCUT2D eigenvalue weighted by Gasteiger charge is -2.28. The number of hydrogen-bond acceptors (Lipinski definition) is 6. The summed E-state index contributed by atoms with van der Waals surface area (Å²) in [6.45, 7) is 0. The summed E-state index contributed by atoms with van der Waals surface area (Å²) in [6.07, 6.45) is 9.96. The highest BCUT2D eigenvalue weighted by molar-refractivity contribution is 6.32. The summed E-state index contributed by atoms with van der Waals surface area (Å²) < 4.78 is 1.59. The largest absolute Gasteiger partial charge is 0.359 e. The molecule has 0 bridgehead atoms. The fourth-order valence-corrected chi connectivity index (χ4v) is 3.89. The Balaban J connectivity index is 1.49. The predicted octanol–water partition coefficient (Wildman–Crippen LogP) is 2.39. The molecular weight excluding hydrogens is 406 g/mol. The summed E-state index contributed by atoms with van der Waals surface area (Å²) in [5, 5.41) is 10.8. The highest BCUT2D eigenvalue weighted by Gasteiger charge is 2.26. The Morgan fingerprint density at radius 2 is 2.07 bits per heavy atom. The molecule has 0 aromatic carbocycles. The molecule has 1 fully saturated rings. The summed E-state index contributed by atoms with van der Waals surface area (Å²) >= 11 is 6.33. The van der Waals surface area contributed by atoms with Gasteiger partial charge in [0.15, 0.2) is 0 Å². The number of anilines is 1. The maximum atomic E-state index is 11.8. The minimum atomic E-state index is -0.206. The Hall–Kier alpha value is -3.20. The Morgan fingerprint density at radius 3 is 2.80 bits per heavy atom. The minimum absolute atomic E-state index is 0.0748. The van der Waals surface area contributed by atoms with Crippen LogP contribution in [0.3, 0.4) is 0 Å². The van der Waals surface area contributed by atoms with Gasteiger partial charge in [-0.05, 0) is 31.7 Å². The van der Waals surface area contributed by atoms with Crippen molar-refractivity contribution in [1.82, 2.24) is 30.0 Å². The average molecular weight is 428 g/mol. The number of nitrogens with one attached hydrogen (secondary N) is 3. The van der Waals surface area contributed by atoms with Crippen LogP contribution in [0.15, 0.2) is 41.7 Å². The Morgan fingerprint density at radius 1 is 1.27 bits per heavy atom. The van der Waals surface area contributed by atoms with Crippen LogP contribution in [-0.4, -0.2) is 43.7 Å². The van der Waals surface area contributed by atoms with Crippen molar-refractivity contribution >= 4 is 23.5 Å². The first-order chi connectivity index (χ1) is 14.5. The molecule has 3 aromatic rings. The van der Waals surface area contributed by atoms with E-state index in [1.54, 1.807) is 42.6 Å². The number of pyridine rings is 1. The highest BCUT2D eigenvalue weighted by Crippen LogP contribution is 2.29. The topological polar surface area (TPSA) is 118 Å². The zero-order valence-corrected chi connectivity index (χ0v) is 17.2. The van der Waals surface area contributed by atoms with Gasteiger partial charge < -0.3 is 15.6 Å². The van der Waals surface area contributed by atoms with Gasteiger partial charge in [0.05, 0.1) is 28.8 Å². The predicted molar refractivity (Wildman–Crippen MR) is 114 cm³/mol. The van der Waals surface area contributed by atoms with Crippen molar-refractivity contribution in [2.24, 2.45) is 5.92 Å². The van der Waals surface area contributed by atoms with Gasteiger partial charge in [-0.15, -0.1) is 0 Å². The van der Waals surface area contributed by atoms with E-state index in [4.69, 9.17) is 11.6 Å². The number of halogens is 1. The quantitative estimate of drug-likeness (QED) is 0.575. The minimum Gasteiger partial charge on any atom is -0.359 e. The number of carbonyl (C=O) groups is 1. The monoisotopic (exact) mass is 427 g/mol. The molecule has 156 valence electrons. The molecule has 30 heavy (non-hydrogen) atoms. The lowest BCUT2D eigenvalue weighted by molar-refractivity contribution is -0.125. The number of rotatable bonds is 5. The maximum absolute atomic E-state index is 11.8. The van der Waals surface area contributed by atoms with E-state index < -0.39 is 0 Å². The van der Waals surface area contributed by atoms with Crippen molar-refractivity contribution in [2.45, 2.75) is 31.7 Å². The van der Waals surface area contributed by atoms with Crippen LogP contribution >= 0.6 is 11.6 Å². The number of hydrogen-bond donors (Lipinski definition) is 3. The van der Waals surface area contributed by atoms with Crippen LogP contribution in [0.1, 0.15) is 25.7 Å². The molecule has 4 rings (SSSR count). The SMILES string of the molecule is CNC(=O)C1CCC(Nc2ncc(Cl)c(-c3cnn(-c4cc[nH]c(=O)c4)c3)n2)CC1. The molecule has 0 atom stereocenters. The molecule has 9 nitrogen and oxygen atoms in total. The van der Waals surface area contributed by atoms with Crippen molar-refractivity contribution in [2.75, 3.05) is 12.4 Å². The zero-order valence-electron chi connectivity index (χ0n) is 16.4. The van der Waals surface area contributed by atoms with E-state index in [1.807, 2.05) is 0 Å². The second-order valence-corrected chi connectivity index (χ2v) is 7.69. The fraction of sp³-hybridized carbons (Fsp3) is 0.350. The number of nitrogens with zero attached hydrogens (tertiary/aromatic N) is 4. The van der Waals surface area contributed by atoms with Crippen molar-refractivity contribution in [3.63, 3.8) is 0 Å². The zero-order chi connectivity index (χ0) is 21.1. The van der Waals surface area contributed by atoms with Gasteiger partial charge in [0.25, 0.3) is 0 Å². The van der Waals surface area contributed by atoms with E-state index in [-0.39, 0.29) is 23.4 Å². The molecule has 3 heterocycles. The van der Waals surface area contributed by atoms with Crippen LogP contribution in [-0.2, 0) is 4.79 Å². The number of amides is 1. The van der Waals surface area contributed by atoms with Crippen LogP contribution in [0.25, 0.3) is 16.9 Å². The van der Waals surface area contributed by atoms with Crippen molar-refractivity contribution in [3.05, 3.63) is 52.3 Å². The van der Waals surface area contributed by atoms with E-state index in [1.165, 1.54) is 6.07 Å². The summed E-state index contributed by atoms with van der Waals surface area (Å²) in [4.78, 5) is 34.8. The van der Waals surface area contributed by atoms with Crippen LogP contribution in [0.4, 0.5) is 5.95 Å². The number of aromatic nitrogens is 5. The van der Waals surface area contributed by atoms with Gasteiger partial charge in [-0.1, -0.05) is 11.6 Å². The molecule has 0 spiro atoms. The highest BCUT2D eigenvalue weighted by atomic mass is 35.5. The molecular formula is C20H22ClN7O2. The molecule has 1 amide bonds. The Bertz CT molecular complexity index is 1100. The Labute approximate surface area is 177 Å². The number of aromatic amines is 1. The summed E-state index contributed by atoms with van der Waals surface area (Å²) in [5.41, 5.74) is 1.71. The lowest BCUT2D eigenvalue weighted by Crippen LogP contribution is -2.34. The fourth-order valence-electron chi connectivity index (χ4n) is 3.69. The first-order valence-electron chi connectivity index (χ1n) is 9.78. The second kappa shape index (κ2) is 8.66. The van der Waals surface area contributed by atoms with E-state index in [2.05, 4.69) is 30.7 Å². The van der Waals surface area contributed by atoms with E-state index in [9.17, 15) is 9.59 Å². The van der Waals surface area contributed by atoms with Gasteiger partial charge in [0, 0.05) is 43.0 Å². The van der Waals surface area contributed by atoms with Gasteiger partial charge in [-0.2, -0.15) is 5.10 Å². The lowest BCUT2D eigenvalue weighted by atomic mass is 9.85. The van der Waals surface area contributed by atoms with Crippen LogP contribution in [0.5, 0.6) is 0 Å². The maximum Gasteiger partial charge on any atom is 0.250 e. The smallest absolute Gasteiger partial charge is 0.250 e. The molecule has 0 aliphatic heterocycles. The molecule has 10 heteroatoms. The summed E-state index contributed by atoms with van der Waals surface area (Å²) in [6, 6.07) is 3.42. The van der Waals surface area contributed by atoms with Gasteiger partial charge in [0.1, 0.15) is 0 Å². The summed E-state index contributed by atoms with van der Waals surface area (Å²) in [5.74, 6) is 0.670. The van der Waals surface area contributed by atoms with Crippen molar-refractivity contribution < 1.29 is 4.79 Å². The van der Waals surface area contributed by atoms with E-state index in [0.29, 0.717) is 27.9 Å². The van der Waals surface area contributed by atoms with Crippen molar-refractivity contribution in [3.8, 4) is 16.9 Å². The Kier molecular flexibility index (Phi) is 5.80. The van der Waals surface area contributed by atoms with E-state index >= 15 is 0 Å². The molecule has 1 aliphatic rings. The molecule has 1 aliphatic carbocycles. The average Bonchev–Trinajstić information content (AvgIpc) is 3.25. The third kappa shape index (κ3) is 4.35. The van der Waals surface area contributed by atoms with Crippen LogP contribution < -0.4 is 16.2 Å². The third-order valence-corrected chi connectivity index (χ3v) is 5.58. The molecule has 3 aromatic heterocycles. The van der Waals surface area contributed by atoms with Gasteiger partial charge in [-0.3, -0.25) is 9.59 Å². The number of H-pyrrole nitrogens is 1. The standard InChI is InChI=1S/C20H22ClN7O2/c1-22-19(30)12-2-4-14(5-3-12)26-20-24-10-16(21)18(27-20)13-9-25-28(11-13)15-6-7-23-17(29)8-15/h6-12,14H,2-5H2,1H3,(H,22,30)(H,23,29)(H,24,26,27). The van der Waals surface area contributed by atoms with E-state index in [0.717, 1.165) is 25.7 Å². The van der Waals surface area contributed by atoms with Gasteiger partial charge in [-0.25, -0.2) is 14.6 Å². The number of carbonyl (C=O) groups excluding carboxylic acids is 1. The first kappa shape index (κ1) is 20.1. The van der Waals surface area contributed by atoms with Crippen molar-refractivity contribution in [1.29, 1.82) is 0 Å². The van der Waals surface area contributed by atoms with Gasteiger partial charge >= 0.3 is 0 Å². The summed E-state index contributed by atoms with van der Waals surface area (Å²) in [7, 11) is 1.67. The van der Waals surface area contributed by atoms with Crippen LogP contribution in [0, 0.1) is 5.92 Å². The molecule has 0 radical (unpaired) electrons.